The second-order valence-electron chi connectivity index (χ2n) is 4.92. The Hall–Kier alpha value is -2.67. The number of imidazole rings is 1. The summed E-state index contributed by atoms with van der Waals surface area (Å²) < 4.78 is 1.87. The van der Waals surface area contributed by atoms with E-state index < -0.39 is 0 Å². The molecule has 0 radical (unpaired) electrons. The number of nitrogens with zero attached hydrogens (tertiary/aromatic N) is 4. The van der Waals surface area contributed by atoms with E-state index in [4.69, 9.17) is 17.3 Å². The van der Waals surface area contributed by atoms with Gasteiger partial charge in [-0.3, -0.25) is 9.78 Å². The van der Waals surface area contributed by atoms with Crippen LogP contribution in [0, 0.1) is 0 Å². The van der Waals surface area contributed by atoms with Crippen LogP contribution in [0.3, 0.4) is 0 Å². The van der Waals surface area contributed by atoms with Crippen molar-refractivity contribution in [3.8, 4) is 0 Å². The smallest absolute Gasteiger partial charge is 0.259 e. The maximum atomic E-state index is 12.6. The second-order valence-corrected chi connectivity index (χ2v) is 5.30. The van der Waals surface area contributed by atoms with Gasteiger partial charge in [0, 0.05) is 36.7 Å². The molecule has 3 N–H and O–H groups in total. The average molecular weight is 331 g/mol. The summed E-state index contributed by atoms with van der Waals surface area (Å²) in [7, 11) is 0. The minimum atomic E-state index is -0.277. The molecule has 118 valence electrons. The first kappa shape index (κ1) is 15.2. The monoisotopic (exact) mass is 330 g/mol. The molecule has 0 aliphatic rings. The summed E-state index contributed by atoms with van der Waals surface area (Å²) in [4.78, 5) is 24.8. The molecule has 0 atom stereocenters. The van der Waals surface area contributed by atoms with Crippen LogP contribution in [0.15, 0.2) is 37.1 Å². The molecule has 7 nitrogen and oxygen atoms in total. The summed E-state index contributed by atoms with van der Waals surface area (Å²) in [5.74, 6) is 0.546. The minimum Gasteiger partial charge on any atom is -0.382 e. The van der Waals surface area contributed by atoms with E-state index in [0.29, 0.717) is 40.5 Å². The van der Waals surface area contributed by atoms with E-state index in [1.165, 1.54) is 6.20 Å². The number of amides is 1. The molecule has 0 aromatic carbocycles. The van der Waals surface area contributed by atoms with Gasteiger partial charge in [-0.1, -0.05) is 0 Å². The van der Waals surface area contributed by atoms with Gasteiger partial charge in [-0.05, 0) is 18.6 Å². The number of anilines is 2. The van der Waals surface area contributed by atoms with Crippen molar-refractivity contribution < 1.29 is 4.79 Å². The van der Waals surface area contributed by atoms with Crippen LogP contribution in [-0.4, -0.2) is 31.3 Å². The summed E-state index contributed by atoms with van der Waals surface area (Å²) in [5, 5.41) is 2.82. The molecule has 1 amide bonds. The lowest BCUT2D eigenvalue weighted by atomic mass is 10.2. The highest BCUT2D eigenvalue weighted by Crippen LogP contribution is 2.23. The van der Waals surface area contributed by atoms with Crippen molar-refractivity contribution in [1.29, 1.82) is 0 Å². The first-order chi connectivity index (χ1) is 11.2. The lowest BCUT2D eigenvalue weighted by molar-refractivity contribution is 0.102. The molecule has 0 unspecified atom stereocenters. The van der Waals surface area contributed by atoms with Gasteiger partial charge in [-0.2, -0.15) is 0 Å². The average Bonchev–Trinajstić information content (AvgIpc) is 2.99. The van der Waals surface area contributed by atoms with Gasteiger partial charge in [-0.25, -0.2) is 9.97 Å². The van der Waals surface area contributed by atoms with Gasteiger partial charge in [-0.15, -0.1) is 11.6 Å². The van der Waals surface area contributed by atoms with Crippen molar-refractivity contribution in [3.63, 3.8) is 0 Å². The number of hydrogen-bond donors (Lipinski definition) is 2. The van der Waals surface area contributed by atoms with Crippen LogP contribution in [0.25, 0.3) is 11.0 Å². The molecule has 0 aliphatic heterocycles. The second kappa shape index (κ2) is 6.62. The number of carbonyl (C=O) groups excluding carboxylic acids is 1. The number of halogens is 1. The molecular formula is C15H15ClN6O. The van der Waals surface area contributed by atoms with E-state index in [1.807, 2.05) is 4.57 Å². The van der Waals surface area contributed by atoms with E-state index in [-0.39, 0.29) is 5.91 Å². The summed E-state index contributed by atoms with van der Waals surface area (Å²) in [5.41, 5.74) is 8.11. The number of nitrogens with two attached hydrogens (primary N) is 1. The molecule has 3 aromatic rings. The molecular weight excluding hydrogens is 316 g/mol. The van der Waals surface area contributed by atoms with Crippen LogP contribution in [0.4, 0.5) is 11.5 Å². The number of hydrogen-bond acceptors (Lipinski definition) is 5. The standard InChI is InChI=1S/C15H15ClN6O/c16-4-1-7-22-9-20-12-13(22)11(8-19-14(12)17)15(23)21-10-2-5-18-6-3-10/h2-3,5-6,8-9H,1,4,7H2,(H2,17,19)(H,18,21,23). The summed E-state index contributed by atoms with van der Waals surface area (Å²) in [6.45, 7) is 0.652. The zero-order chi connectivity index (χ0) is 16.2. The van der Waals surface area contributed by atoms with Crippen molar-refractivity contribution >= 4 is 40.0 Å². The molecule has 0 aliphatic carbocycles. The normalized spacial score (nSPS) is 10.8. The third-order valence-electron chi connectivity index (χ3n) is 3.38. The Kier molecular flexibility index (Phi) is 4.38. The van der Waals surface area contributed by atoms with Crippen LogP contribution in [-0.2, 0) is 6.54 Å². The SMILES string of the molecule is Nc1ncc(C(=O)Nc2ccncc2)c2c1ncn2CCCCl. The number of fused-ring (bicyclic) bond motifs is 1. The molecule has 3 heterocycles. The lowest BCUT2D eigenvalue weighted by Gasteiger charge is -2.09. The number of alkyl halides is 1. The van der Waals surface area contributed by atoms with E-state index in [0.717, 1.165) is 6.42 Å². The highest BCUT2D eigenvalue weighted by atomic mass is 35.5. The Morgan fingerprint density at radius 2 is 2.09 bits per heavy atom. The largest absolute Gasteiger partial charge is 0.382 e. The first-order valence-electron chi connectivity index (χ1n) is 7.07. The Bertz CT molecular complexity index is 833. The number of aromatic nitrogens is 4. The Balaban J connectivity index is 2.00. The maximum absolute atomic E-state index is 12.6. The fourth-order valence-corrected chi connectivity index (χ4v) is 2.43. The van der Waals surface area contributed by atoms with Crippen LogP contribution in [0.2, 0.25) is 0 Å². The van der Waals surface area contributed by atoms with Crippen molar-refractivity contribution in [1.82, 2.24) is 19.5 Å². The molecule has 0 fully saturated rings. The molecule has 0 saturated carbocycles. The highest BCUT2D eigenvalue weighted by molar-refractivity contribution is 6.17. The van der Waals surface area contributed by atoms with E-state index in [2.05, 4.69) is 20.3 Å². The number of aryl methyl sites for hydroxylation is 1. The zero-order valence-electron chi connectivity index (χ0n) is 12.2. The fraction of sp³-hybridized carbons (Fsp3) is 0.200. The quantitative estimate of drug-likeness (QED) is 0.699. The molecule has 8 heteroatoms. The molecule has 23 heavy (non-hydrogen) atoms. The van der Waals surface area contributed by atoms with Crippen LogP contribution in [0.1, 0.15) is 16.8 Å². The Morgan fingerprint density at radius 3 is 2.83 bits per heavy atom. The van der Waals surface area contributed by atoms with E-state index >= 15 is 0 Å². The van der Waals surface area contributed by atoms with Crippen molar-refractivity contribution in [2.75, 3.05) is 16.9 Å². The van der Waals surface area contributed by atoms with Gasteiger partial charge < -0.3 is 15.6 Å². The van der Waals surface area contributed by atoms with Gasteiger partial charge in [0.25, 0.3) is 5.91 Å². The van der Waals surface area contributed by atoms with E-state index in [1.54, 1.807) is 30.9 Å². The molecule has 3 rings (SSSR count). The van der Waals surface area contributed by atoms with E-state index in [9.17, 15) is 4.79 Å². The summed E-state index contributed by atoms with van der Waals surface area (Å²) >= 11 is 5.75. The van der Waals surface area contributed by atoms with Gasteiger partial charge in [0.05, 0.1) is 17.4 Å². The number of rotatable bonds is 5. The topological polar surface area (TPSA) is 98.7 Å². The van der Waals surface area contributed by atoms with Crippen LogP contribution >= 0.6 is 11.6 Å². The highest BCUT2D eigenvalue weighted by Gasteiger charge is 2.17. The number of pyridine rings is 2. The molecule has 0 bridgehead atoms. The summed E-state index contributed by atoms with van der Waals surface area (Å²) in [6, 6.07) is 3.43. The molecule has 3 aromatic heterocycles. The van der Waals surface area contributed by atoms with Gasteiger partial charge >= 0.3 is 0 Å². The van der Waals surface area contributed by atoms with Crippen LogP contribution in [0.5, 0.6) is 0 Å². The molecule has 0 saturated heterocycles. The lowest BCUT2D eigenvalue weighted by Crippen LogP contribution is -2.15. The Labute approximate surface area is 137 Å². The third-order valence-corrected chi connectivity index (χ3v) is 3.65. The first-order valence-corrected chi connectivity index (χ1v) is 7.61. The van der Waals surface area contributed by atoms with Gasteiger partial charge in [0.1, 0.15) is 5.52 Å². The zero-order valence-corrected chi connectivity index (χ0v) is 13.0. The third kappa shape index (κ3) is 3.09. The van der Waals surface area contributed by atoms with Gasteiger partial charge in [0.2, 0.25) is 0 Å². The number of nitrogens with one attached hydrogen (secondary N) is 1. The van der Waals surface area contributed by atoms with Crippen molar-refractivity contribution in [2.24, 2.45) is 0 Å². The van der Waals surface area contributed by atoms with Crippen molar-refractivity contribution in [2.45, 2.75) is 13.0 Å². The van der Waals surface area contributed by atoms with Crippen LogP contribution < -0.4 is 11.1 Å². The fourth-order valence-electron chi connectivity index (χ4n) is 2.31. The van der Waals surface area contributed by atoms with Gasteiger partial charge in [0.15, 0.2) is 5.82 Å². The maximum Gasteiger partial charge on any atom is 0.259 e. The predicted octanol–water partition coefficient (Wildman–Crippen LogP) is 2.29. The minimum absolute atomic E-state index is 0.277. The van der Waals surface area contributed by atoms with Crippen molar-refractivity contribution in [3.05, 3.63) is 42.6 Å². The summed E-state index contributed by atoms with van der Waals surface area (Å²) in [6.07, 6.45) is 7.10. The predicted molar refractivity (Wildman–Crippen MR) is 89.5 cm³/mol. The molecule has 0 spiro atoms. The number of carbonyl (C=O) groups is 1. The Morgan fingerprint density at radius 1 is 1.30 bits per heavy atom. The number of nitrogen functional groups attached to an aromatic ring is 1.